The second kappa shape index (κ2) is 7.01. The van der Waals surface area contributed by atoms with Crippen molar-refractivity contribution < 1.29 is 18.3 Å². The predicted molar refractivity (Wildman–Crippen MR) is 66.6 cm³/mol. The minimum atomic E-state index is -4.55. The zero-order valence-corrected chi connectivity index (χ0v) is 10.8. The molecule has 1 rings (SSSR count). The van der Waals surface area contributed by atoms with E-state index in [9.17, 15) is 13.2 Å². The average Bonchev–Trinajstić information content (AvgIpc) is 2.32. The Bertz CT molecular complexity index is 371. The Morgan fingerprint density at radius 3 is 2.72 bits per heavy atom. The summed E-state index contributed by atoms with van der Waals surface area (Å²) in [5.74, 6) is -0.381. The predicted octanol–water partition coefficient (Wildman–Crippen LogP) is 2.81. The largest absolute Gasteiger partial charge is 0.415 e. The van der Waals surface area contributed by atoms with E-state index in [4.69, 9.17) is 5.11 Å². The Morgan fingerprint density at radius 2 is 2.11 bits per heavy atom. The van der Waals surface area contributed by atoms with Gasteiger partial charge in [-0.2, -0.15) is 13.2 Å². The van der Waals surface area contributed by atoms with Crippen LogP contribution in [0.4, 0.5) is 13.2 Å². The minimum absolute atomic E-state index is 0.381. The van der Waals surface area contributed by atoms with Crippen LogP contribution in [0.2, 0.25) is 0 Å². The molecule has 18 heavy (non-hydrogen) atoms. The average molecular weight is 279 g/mol. The fraction of sp³-hybridized carbons (Fsp3) is 0.500. The first-order chi connectivity index (χ1) is 8.43. The van der Waals surface area contributed by atoms with Gasteiger partial charge in [-0.05, 0) is 24.2 Å². The molecule has 1 atom stereocenters. The van der Waals surface area contributed by atoms with Gasteiger partial charge in [0, 0.05) is 17.2 Å². The van der Waals surface area contributed by atoms with Gasteiger partial charge in [-0.15, -0.1) is 11.8 Å². The lowest BCUT2D eigenvalue weighted by Gasteiger charge is -2.14. The lowest BCUT2D eigenvalue weighted by Crippen LogP contribution is -2.30. The molecule has 2 N–H and O–H groups in total. The van der Waals surface area contributed by atoms with E-state index in [0.29, 0.717) is 6.54 Å². The maximum Gasteiger partial charge on any atom is 0.415 e. The fourth-order valence-electron chi connectivity index (χ4n) is 1.28. The van der Waals surface area contributed by atoms with Crippen molar-refractivity contribution >= 4 is 11.8 Å². The summed E-state index contributed by atoms with van der Waals surface area (Å²) >= 11 is 1.01. The van der Waals surface area contributed by atoms with Gasteiger partial charge in [0.1, 0.15) is 0 Å². The molecule has 0 spiro atoms. The molecule has 0 amide bonds. The molecule has 0 saturated carbocycles. The molecule has 0 saturated heterocycles. The molecule has 1 unspecified atom stereocenters. The van der Waals surface area contributed by atoms with Crippen LogP contribution >= 0.6 is 11.8 Å². The Hall–Kier alpha value is -0.720. The molecular weight excluding hydrogens is 263 g/mol. The van der Waals surface area contributed by atoms with Crippen LogP contribution in [0.3, 0.4) is 0 Å². The quantitative estimate of drug-likeness (QED) is 0.785. The zero-order chi connectivity index (χ0) is 13.6. The van der Waals surface area contributed by atoms with E-state index in [0.717, 1.165) is 28.8 Å². The van der Waals surface area contributed by atoms with Gasteiger partial charge < -0.3 is 10.4 Å². The second-order valence-corrected chi connectivity index (χ2v) is 4.89. The zero-order valence-electron chi connectivity index (χ0n) is 10.00. The number of halogens is 3. The lowest BCUT2D eigenvalue weighted by atomic mass is 10.2. The van der Waals surface area contributed by atoms with Crippen LogP contribution in [0.5, 0.6) is 0 Å². The number of alkyl halides is 3. The Kier molecular flexibility index (Phi) is 5.98. The van der Waals surface area contributed by atoms with E-state index in [1.165, 1.54) is 0 Å². The van der Waals surface area contributed by atoms with Crippen LogP contribution in [0.25, 0.3) is 0 Å². The van der Waals surface area contributed by atoms with Crippen LogP contribution in [-0.4, -0.2) is 29.7 Å². The van der Waals surface area contributed by atoms with Crippen molar-refractivity contribution in [2.24, 2.45) is 0 Å². The van der Waals surface area contributed by atoms with Crippen molar-refractivity contribution in [3.63, 3.8) is 0 Å². The van der Waals surface area contributed by atoms with E-state index >= 15 is 0 Å². The maximum absolute atomic E-state index is 12.1. The Morgan fingerprint density at radius 1 is 1.39 bits per heavy atom. The highest BCUT2D eigenvalue weighted by Crippen LogP contribution is 2.27. The summed E-state index contributed by atoms with van der Waals surface area (Å²) in [7, 11) is 0. The van der Waals surface area contributed by atoms with E-state index in [1.807, 2.05) is 19.1 Å². The number of thioether (sulfide) groups is 1. The number of hydrogen-bond donors (Lipinski definition) is 2. The van der Waals surface area contributed by atoms with Crippen molar-refractivity contribution in [2.45, 2.75) is 30.6 Å². The Balaban J connectivity index is 2.52. The number of rotatable bonds is 6. The van der Waals surface area contributed by atoms with Crippen LogP contribution in [0, 0.1) is 0 Å². The van der Waals surface area contributed by atoms with Gasteiger partial charge in [-0.25, -0.2) is 0 Å². The van der Waals surface area contributed by atoms with Gasteiger partial charge in [0.25, 0.3) is 0 Å². The molecule has 2 nitrogen and oxygen atoms in total. The highest BCUT2D eigenvalue weighted by atomic mass is 32.2. The standard InChI is InChI=1S/C12H16F3NOS/c1-2-16-7-9-4-3-5-10(6-9)18-8-11(17)12(13,14)15/h3-6,11,16-17H,2,7-8H2,1H3. The molecule has 102 valence electrons. The molecule has 0 aromatic heterocycles. The molecule has 6 heteroatoms. The summed E-state index contributed by atoms with van der Waals surface area (Å²) in [5, 5.41) is 12.0. The van der Waals surface area contributed by atoms with Gasteiger partial charge >= 0.3 is 6.18 Å². The first-order valence-corrected chi connectivity index (χ1v) is 6.59. The normalized spacial score (nSPS) is 13.6. The van der Waals surface area contributed by atoms with Crippen LogP contribution in [-0.2, 0) is 6.54 Å². The number of aliphatic hydroxyl groups excluding tert-OH is 1. The maximum atomic E-state index is 12.1. The molecule has 1 aromatic carbocycles. The summed E-state index contributed by atoms with van der Waals surface area (Å²) in [5.41, 5.74) is 1.02. The monoisotopic (exact) mass is 279 g/mol. The first-order valence-electron chi connectivity index (χ1n) is 5.60. The van der Waals surface area contributed by atoms with Crippen LogP contribution in [0.1, 0.15) is 12.5 Å². The smallest absolute Gasteiger partial charge is 0.383 e. The fourth-order valence-corrected chi connectivity index (χ4v) is 2.23. The molecule has 1 aromatic rings. The minimum Gasteiger partial charge on any atom is -0.383 e. The van der Waals surface area contributed by atoms with Gasteiger partial charge in [-0.3, -0.25) is 0 Å². The first kappa shape index (κ1) is 15.3. The van der Waals surface area contributed by atoms with Gasteiger partial charge in [0.15, 0.2) is 6.10 Å². The number of aliphatic hydroxyl groups is 1. The van der Waals surface area contributed by atoms with Crippen molar-refractivity contribution in [3.8, 4) is 0 Å². The third-order valence-electron chi connectivity index (χ3n) is 2.26. The summed E-state index contributed by atoms with van der Waals surface area (Å²) in [6.07, 6.45) is -6.83. The van der Waals surface area contributed by atoms with Crippen molar-refractivity contribution in [1.82, 2.24) is 5.32 Å². The van der Waals surface area contributed by atoms with Crippen molar-refractivity contribution in [2.75, 3.05) is 12.3 Å². The second-order valence-electron chi connectivity index (χ2n) is 3.80. The third-order valence-corrected chi connectivity index (χ3v) is 3.33. The van der Waals surface area contributed by atoms with Gasteiger partial charge in [0.05, 0.1) is 0 Å². The topological polar surface area (TPSA) is 32.3 Å². The Labute approximate surface area is 109 Å². The highest BCUT2D eigenvalue weighted by molar-refractivity contribution is 7.99. The van der Waals surface area contributed by atoms with Crippen molar-refractivity contribution in [3.05, 3.63) is 29.8 Å². The molecular formula is C12H16F3NOS. The van der Waals surface area contributed by atoms with E-state index in [2.05, 4.69) is 5.32 Å². The van der Waals surface area contributed by atoms with E-state index < -0.39 is 12.3 Å². The molecule has 0 fully saturated rings. The molecule has 0 aliphatic carbocycles. The highest BCUT2D eigenvalue weighted by Gasteiger charge is 2.37. The molecule has 0 radical (unpaired) electrons. The van der Waals surface area contributed by atoms with Crippen LogP contribution < -0.4 is 5.32 Å². The van der Waals surface area contributed by atoms with Gasteiger partial charge in [0.2, 0.25) is 0 Å². The van der Waals surface area contributed by atoms with Crippen LogP contribution in [0.15, 0.2) is 29.2 Å². The molecule has 0 bridgehead atoms. The van der Waals surface area contributed by atoms with Gasteiger partial charge in [-0.1, -0.05) is 19.1 Å². The summed E-state index contributed by atoms with van der Waals surface area (Å²) in [4.78, 5) is 0.730. The summed E-state index contributed by atoms with van der Waals surface area (Å²) in [6, 6.07) is 7.28. The van der Waals surface area contributed by atoms with E-state index in [-0.39, 0.29) is 5.75 Å². The lowest BCUT2D eigenvalue weighted by molar-refractivity contribution is -0.195. The van der Waals surface area contributed by atoms with E-state index in [1.54, 1.807) is 12.1 Å². The number of benzene rings is 1. The number of hydrogen-bond acceptors (Lipinski definition) is 3. The third kappa shape index (κ3) is 5.29. The van der Waals surface area contributed by atoms with Crippen molar-refractivity contribution in [1.29, 1.82) is 0 Å². The summed E-state index contributed by atoms with van der Waals surface area (Å²) in [6.45, 7) is 3.51. The molecule has 0 aliphatic rings. The number of nitrogens with one attached hydrogen (secondary N) is 1. The molecule has 0 heterocycles. The SMILES string of the molecule is CCNCc1cccc(SCC(O)C(F)(F)F)c1. The summed E-state index contributed by atoms with van der Waals surface area (Å²) < 4.78 is 36.4. The molecule has 0 aliphatic heterocycles.